The Labute approximate surface area is 163 Å². The second-order valence-corrected chi connectivity index (χ2v) is 7.22. The summed E-state index contributed by atoms with van der Waals surface area (Å²) in [6.45, 7) is 2.53. The SMILES string of the molecule is CCOc1ccc2ncc(-c3nn(C4CCCCC4)c(N)c3C(N)=O)cc2c1. The molecule has 1 saturated carbocycles. The average Bonchev–Trinajstić information content (AvgIpc) is 3.06. The van der Waals surface area contributed by atoms with Crippen molar-refractivity contribution >= 4 is 22.6 Å². The summed E-state index contributed by atoms with van der Waals surface area (Å²) >= 11 is 0. The second-order valence-electron chi connectivity index (χ2n) is 7.22. The molecule has 1 aliphatic carbocycles. The maximum Gasteiger partial charge on any atom is 0.254 e. The molecule has 4 rings (SSSR count). The van der Waals surface area contributed by atoms with Gasteiger partial charge < -0.3 is 16.2 Å². The van der Waals surface area contributed by atoms with Crippen LogP contribution in [0.2, 0.25) is 0 Å². The van der Waals surface area contributed by atoms with E-state index >= 15 is 0 Å². The second kappa shape index (κ2) is 7.50. The topological polar surface area (TPSA) is 109 Å². The van der Waals surface area contributed by atoms with Crippen molar-refractivity contribution in [2.45, 2.75) is 45.1 Å². The molecule has 0 bridgehead atoms. The summed E-state index contributed by atoms with van der Waals surface area (Å²) in [5.74, 6) is 0.548. The fraction of sp³-hybridized carbons (Fsp3) is 0.381. The van der Waals surface area contributed by atoms with Gasteiger partial charge in [0.25, 0.3) is 5.91 Å². The van der Waals surface area contributed by atoms with Crippen LogP contribution in [0.15, 0.2) is 30.5 Å². The molecule has 0 radical (unpaired) electrons. The predicted octanol–water partition coefficient (Wildman–Crippen LogP) is 3.68. The van der Waals surface area contributed by atoms with Gasteiger partial charge in [-0.3, -0.25) is 9.78 Å². The first kappa shape index (κ1) is 18.3. The van der Waals surface area contributed by atoms with Crippen molar-refractivity contribution in [2.75, 3.05) is 12.3 Å². The van der Waals surface area contributed by atoms with Gasteiger partial charge >= 0.3 is 0 Å². The van der Waals surface area contributed by atoms with Crippen LogP contribution in [0.3, 0.4) is 0 Å². The lowest BCUT2D eigenvalue weighted by Crippen LogP contribution is -2.18. The van der Waals surface area contributed by atoms with E-state index in [1.54, 1.807) is 10.9 Å². The van der Waals surface area contributed by atoms with Crippen LogP contribution in [0, 0.1) is 0 Å². The van der Waals surface area contributed by atoms with E-state index in [4.69, 9.17) is 21.3 Å². The van der Waals surface area contributed by atoms with Crippen molar-refractivity contribution in [1.29, 1.82) is 0 Å². The van der Waals surface area contributed by atoms with Gasteiger partial charge in [-0.1, -0.05) is 19.3 Å². The lowest BCUT2D eigenvalue weighted by atomic mass is 9.95. The van der Waals surface area contributed by atoms with E-state index in [9.17, 15) is 4.79 Å². The molecule has 0 saturated heterocycles. The highest BCUT2D eigenvalue weighted by Crippen LogP contribution is 2.35. The van der Waals surface area contributed by atoms with E-state index in [0.717, 1.165) is 47.9 Å². The highest BCUT2D eigenvalue weighted by molar-refractivity contribution is 6.03. The molecule has 4 N–H and O–H groups in total. The van der Waals surface area contributed by atoms with Crippen molar-refractivity contribution in [3.8, 4) is 17.0 Å². The molecule has 7 nitrogen and oxygen atoms in total. The first-order valence-corrected chi connectivity index (χ1v) is 9.79. The van der Waals surface area contributed by atoms with Crippen LogP contribution in [0.25, 0.3) is 22.2 Å². The Morgan fingerprint density at radius 2 is 2.04 bits per heavy atom. The van der Waals surface area contributed by atoms with Gasteiger partial charge in [0.05, 0.1) is 18.2 Å². The molecule has 1 amide bonds. The van der Waals surface area contributed by atoms with Crippen molar-refractivity contribution in [3.05, 3.63) is 36.0 Å². The molecule has 146 valence electrons. The number of benzene rings is 1. The van der Waals surface area contributed by atoms with Gasteiger partial charge in [0.15, 0.2) is 0 Å². The quantitative estimate of drug-likeness (QED) is 0.703. The number of ether oxygens (including phenoxy) is 1. The average molecular weight is 379 g/mol. The number of nitrogens with zero attached hydrogens (tertiary/aromatic N) is 3. The number of rotatable bonds is 5. The third-order valence-electron chi connectivity index (χ3n) is 5.35. The number of amides is 1. The van der Waals surface area contributed by atoms with Gasteiger partial charge in [0.1, 0.15) is 22.8 Å². The minimum Gasteiger partial charge on any atom is -0.494 e. The molecule has 0 aliphatic heterocycles. The minimum absolute atomic E-state index is 0.207. The van der Waals surface area contributed by atoms with E-state index < -0.39 is 5.91 Å². The summed E-state index contributed by atoms with van der Waals surface area (Å²) < 4.78 is 7.37. The summed E-state index contributed by atoms with van der Waals surface area (Å²) in [6.07, 6.45) is 7.24. The van der Waals surface area contributed by atoms with Gasteiger partial charge in [-0.05, 0) is 44.0 Å². The summed E-state index contributed by atoms with van der Waals surface area (Å²) in [5.41, 5.74) is 14.3. The van der Waals surface area contributed by atoms with Gasteiger partial charge in [0.2, 0.25) is 0 Å². The van der Waals surface area contributed by atoms with Crippen LogP contribution in [0.4, 0.5) is 5.82 Å². The lowest BCUT2D eigenvalue weighted by molar-refractivity contribution is 0.100. The molecule has 3 aromatic rings. The number of carbonyl (C=O) groups excluding carboxylic acids is 1. The van der Waals surface area contributed by atoms with E-state index in [1.165, 1.54) is 6.42 Å². The third kappa shape index (κ3) is 3.28. The monoisotopic (exact) mass is 379 g/mol. The molecule has 0 spiro atoms. The molecule has 2 heterocycles. The molecule has 2 aromatic heterocycles. The molecular formula is C21H25N5O2. The zero-order valence-electron chi connectivity index (χ0n) is 16.0. The number of aromatic nitrogens is 3. The minimum atomic E-state index is -0.572. The standard InChI is InChI=1S/C21H25N5O2/c1-2-28-16-8-9-17-13(11-16)10-14(12-24-17)19-18(21(23)27)20(22)26(25-19)15-6-4-3-5-7-15/h8-12,15H,2-7,22H2,1H3,(H2,23,27). The Kier molecular flexibility index (Phi) is 4.90. The van der Waals surface area contributed by atoms with Crippen LogP contribution in [-0.4, -0.2) is 27.3 Å². The summed E-state index contributed by atoms with van der Waals surface area (Å²) in [6, 6.07) is 7.89. The number of nitrogens with two attached hydrogens (primary N) is 2. The summed E-state index contributed by atoms with van der Waals surface area (Å²) in [7, 11) is 0. The van der Waals surface area contributed by atoms with Crippen molar-refractivity contribution < 1.29 is 9.53 Å². The molecular weight excluding hydrogens is 354 g/mol. The number of hydrogen-bond acceptors (Lipinski definition) is 5. The van der Waals surface area contributed by atoms with E-state index in [1.807, 2.05) is 31.2 Å². The Bertz CT molecular complexity index is 1020. The first-order chi connectivity index (χ1) is 13.6. The van der Waals surface area contributed by atoms with Gasteiger partial charge in [-0.2, -0.15) is 5.10 Å². The number of pyridine rings is 1. The Hall–Kier alpha value is -3.09. The van der Waals surface area contributed by atoms with Crippen LogP contribution in [-0.2, 0) is 0 Å². The highest BCUT2D eigenvalue weighted by atomic mass is 16.5. The van der Waals surface area contributed by atoms with Crippen molar-refractivity contribution in [2.24, 2.45) is 5.73 Å². The number of anilines is 1. The van der Waals surface area contributed by atoms with Crippen molar-refractivity contribution in [3.63, 3.8) is 0 Å². The summed E-state index contributed by atoms with van der Waals surface area (Å²) in [5, 5.41) is 5.62. The van der Waals surface area contributed by atoms with Gasteiger partial charge in [-0.15, -0.1) is 0 Å². The lowest BCUT2D eigenvalue weighted by Gasteiger charge is -2.22. The maximum atomic E-state index is 12.2. The van der Waals surface area contributed by atoms with Crippen LogP contribution in [0.1, 0.15) is 55.4 Å². The normalized spacial score (nSPS) is 15.0. The number of hydrogen-bond donors (Lipinski definition) is 2. The number of fused-ring (bicyclic) bond motifs is 1. The number of primary amides is 1. The molecule has 1 fully saturated rings. The molecule has 7 heteroatoms. The summed E-state index contributed by atoms with van der Waals surface area (Å²) in [4.78, 5) is 16.7. The largest absolute Gasteiger partial charge is 0.494 e. The molecule has 28 heavy (non-hydrogen) atoms. The predicted molar refractivity (Wildman–Crippen MR) is 109 cm³/mol. The van der Waals surface area contributed by atoms with E-state index in [0.29, 0.717) is 18.1 Å². The van der Waals surface area contributed by atoms with Crippen LogP contribution < -0.4 is 16.2 Å². The molecule has 1 aromatic carbocycles. The molecule has 0 atom stereocenters. The van der Waals surface area contributed by atoms with E-state index in [-0.39, 0.29) is 11.6 Å². The van der Waals surface area contributed by atoms with Crippen LogP contribution >= 0.6 is 0 Å². The molecule has 1 aliphatic rings. The molecule has 0 unspecified atom stereocenters. The Balaban J connectivity index is 1.82. The fourth-order valence-corrected chi connectivity index (χ4v) is 3.99. The highest BCUT2D eigenvalue weighted by Gasteiger charge is 2.26. The van der Waals surface area contributed by atoms with Crippen molar-refractivity contribution in [1.82, 2.24) is 14.8 Å². The Morgan fingerprint density at radius 3 is 2.75 bits per heavy atom. The Morgan fingerprint density at radius 1 is 1.25 bits per heavy atom. The third-order valence-corrected chi connectivity index (χ3v) is 5.35. The fourth-order valence-electron chi connectivity index (χ4n) is 3.99. The van der Waals surface area contributed by atoms with E-state index in [2.05, 4.69) is 4.98 Å². The number of carbonyl (C=O) groups is 1. The number of nitrogen functional groups attached to an aromatic ring is 1. The van der Waals surface area contributed by atoms with Gasteiger partial charge in [0, 0.05) is 17.1 Å². The first-order valence-electron chi connectivity index (χ1n) is 9.79. The zero-order valence-corrected chi connectivity index (χ0v) is 16.0. The van der Waals surface area contributed by atoms with Gasteiger partial charge in [-0.25, -0.2) is 4.68 Å². The smallest absolute Gasteiger partial charge is 0.254 e. The van der Waals surface area contributed by atoms with Crippen LogP contribution in [0.5, 0.6) is 5.75 Å². The maximum absolute atomic E-state index is 12.2. The zero-order chi connectivity index (χ0) is 19.7.